The van der Waals surface area contributed by atoms with Gasteiger partial charge in [-0.15, -0.1) is 0 Å². The predicted octanol–water partition coefficient (Wildman–Crippen LogP) is 2.72. The van der Waals surface area contributed by atoms with Crippen molar-refractivity contribution in [1.29, 1.82) is 0 Å². The molecule has 5 heteroatoms. The van der Waals surface area contributed by atoms with E-state index < -0.39 is 0 Å². The number of benzene rings is 2. The first kappa shape index (κ1) is 15.1. The second-order valence-electron chi connectivity index (χ2n) is 5.51. The summed E-state index contributed by atoms with van der Waals surface area (Å²) in [6.07, 6.45) is 1.90. The van der Waals surface area contributed by atoms with Crippen LogP contribution in [0.2, 0.25) is 0 Å². The van der Waals surface area contributed by atoms with E-state index >= 15 is 0 Å². The molecule has 0 radical (unpaired) electrons. The van der Waals surface area contributed by atoms with Gasteiger partial charge in [-0.2, -0.15) is 5.10 Å². The van der Waals surface area contributed by atoms with E-state index in [-0.39, 0.29) is 12.7 Å². The largest absolute Gasteiger partial charge is 0.454 e. The third-order valence-electron chi connectivity index (χ3n) is 3.65. The molecule has 23 heavy (non-hydrogen) atoms. The lowest BCUT2D eigenvalue weighted by Gasteiger charge is -2.05. The summed E-state index contributed by atoms with van der Waals surface area (Å²) in [7, 11) is 0. The molecule has 0 spiro atoms. The van der Waals surface area contributed by atoms with E-state index in [0.717, 1.165) is 22.4 Å². The van der Waals surface area contributed by atoms with Crippen LogP contribution in [-0.4, -0.2) is 18.9 Å². The minimum atomic E-state index is -0.144. The Morgan fingerprint density at radius 1 is 1.17 bits per heavy atom. The summed E-state index contributed by atoms with van der Waals surface area (Å²) < 4.78 is 10.5. The second-order valence-corrected chi connectivity index (χ2v) is 5.51. The molecule has 0 aliphatic carbocycles. The highest BCUT2D eigenvalue weighted by atomic mass is 16.7. The molecule has 1 N–H and O–H groups in total. The number of hydrazone groups is 1. The monoisotopic (exact) mass is 310 g/mol. The molecule has 2 aromatic carbocycles. The fourth-order valence-electron chi connectivity index (χ4n) is 2.43. The first-order valence-corrected chi connectivity index (χ1v) is 7.39. The summed E-state index contributed by atoms with van der Waals surface area (Å²) in [5, 5.41) is 3.99. The maximum atomic E-state index is 12.0. The molecule has 3 rings (SSSR count). The summed E-state index contributed by atoms with van der Waals surface area (Å²) in [4.78, 5) is 12.0. The molecule has 118 valence electrons. The first-order chi connectivity index (χ1) is 11.1. The highest BCUT2D eigenvalue weighted by molar-refractivity contribution is 5.84. The number of rotatable bonds is 4. The average Bonchev–Trinajstić information content (AvgIpc) is 2.98. The van der Waals surface area contributed by atoms with Crippen molar-refractivity contribution in [1.82, 2.24) is 5.43 Å². The Morgan fingerprint density at radius 3 is 2.83 bits per heavy atom. The smallest absolute Gasteiger partial charge is 0.244 e. The van der Waals surface area contributed by atoms with E-state index in [2.05, 4.69) is 16.6 Å². The first-order valence-electron chi connectivity index (χ1n) is 7.39. The Hall–Kier alpha value is -2.82. The minimum absolute atomic E-state index is 0.144. The van der Waals surface area contributed by atoms with Gasteiger partial charge in [0, 0.05) is 0 Å². The standard InChI is InChI=1S/C18H18N2O3/c1-12-3-5-15(13(2)7-12)9-18(21)20-19-10-14-4-6-16-17(8-14)23-11-22-16/h3-8,10H,9,11H2,1-2H3,(H,20,21)/b19-10-. The number of nitrogens with zero attached hydrogens (tertiary/aromatic N) is 1. The van der Waals surface area contributed by atoms with Gasteiger partial charge in [-0.3, -0.25) is 4.79 Å². The molecule has 0 saturated heterocycles. The van der Waals surface area contributed by atoms with Gasteiger partial charge >= 0.3 is 0 Å². The van der Waals surface area contributed by atoms with Gasteiger partial charge in [0.25, 0.3) is 0 Å². The molecule has 5 nitrogen and oxygen atoms in total. The van der Waals surface area contributed by atoms with Crippen LogP contribution in [0.25, 0.3) is 0 Å². The number of carbonyl (C=O) groups excluding carboxylic acids is 1. The van der Waals surface area contributed by atoms with Gasteiger partial charge < -0.3 is 9.47 Å². The number of fused-ring (bicyclic) bond motifs is 1. The van der Waals surface area contributed by atoms with Crippen molar-refractivity contribution in [3.05, 3.63) is 58.7 Å². The topological polar surface area (TPSA) is 59.9 Å². The van der Waals surface area contributed by atoms with Crippen LogP contribution < -0.4 is 14.9 Å². The lowest BCUT2D eigenvalue weighted by atomic mass is 10.0. The summed E-state index contributed by atoms with van der Waals surface area (Å²) in [6, 6.07) is 11.5. The number of ether oxygens (including phenoxy) is 2. The van der Waals surface area contributed by atoms with Crippen molar-refractivity contribution in [3.8, 4) is 11.5 Å². The molecule has 0 fully saturated rings. The van der Waals surface area contributed by atoms with Gasteiger partial charge in [0.2, 0.25) is 12.7 Å². The van der Waals surface area contributed by atoms with Crippen molar-refractivity contribution in [2.75, 3.05) is 6.79 Å². The molecule has 0 saturated carbocycles. The van der Waals surface area contributed by atoms with Gasteiger partial charge in [0.1, 0.15) is 0 Å². The molecule has 2 aromatic rings. The van der Waals surface area contributed by atoms with Gasteiger partial charge in [0.15, 0.2) is 11.5 Å². The molecule has 0 aromatic heterocycles. The Kier molecular flexibility index (Phi) is 4.28. The van der Waals surface area contributed by atoms with E-state index in [1.165, 1.54) is 5.56 Å². The maximum absolute atomic E-state index is 12.0. The number of hydrogen-bond acceptors (Lipinski definition) is 4. The number of nitrogens with one attached hydrogen (secondary N) is 1. The molecule has 0 unspecified atom stereocenters. The zero-order chi connectivity index (χ0) is 16.2. The molecule has 1 aliphatic heterocycles. The van der Waals surface area contributed by atoms with Gasteiger partial charge in [-0.1, -0.05) is 23.8 Å². The number of aryl methyl sites for hydroxylation is 2. The second kappa shape index (κ2) is 6.52. The number of amides is 1. The summed E-state index contributed by atoms with van der Waals surface area (Å²) >= 11 is 0. The SMILES string of the molecule is Cc1ccc(CC(=O)N/N=C\c2ccc3c(c2)OCO3)c(C)c1. The lowest BCUT2D eigenvalue weighted by Crippen LogP contribution is -2.20. The van der Waals surface area contributed by atoms with Gasteiger partial charge in [-0.05, 0) is 48.7 Å². The van der Waals surface area contributed by atoms with Crippen molar-refractivity contribution >= 4 is 12.1 Å². The van der Waals surface area contributed by atoms with E-state index in [4.69, 9.17) is 9.47 Å². The lowest BCUT2D eigenvalue weighted by molar-refractivity contribution is -0.120. The summed E-state index contributed by atoms with van der Waals surface area (Å²) in [5.41, 5.74) is 6.69. The van der Waals surface area contributed by atoms with E-state index in [0.29, 0.717) is 12.2 Å². The highest BCUT2D eigenvalue weighted by Gasteiger charge is 2.12. The van der Waals surface area contributed by atoms with Crippen molar-refractivity contribution < 1.29 is 14.3 Å². The normalized spacial score (nSPS) is 12.6. The summed E-state index contributed by atoms with van der Waals surface area (Å²) in [6.45, 7) is 4.28. The molecular weight excluding hydrogens is 292 g/mol. The quantitative estimate of drug-likeness (QED) is 0.698. The van der Waals surface area contributed by atoms with Crippen LogP contribution in [0.3, 0.4) is 0 Å². The van der Waals surface area contributed by atoms with E-state index in [1.807, 2.05) is 44.2 Å². The van der Waals surface area contributed by atoms with E-state index in [9.17, 15) is 4.79 Å². The number of hydrogen-bond donors (Lipinski definition) is 1. The van der Waals surface area contributed by atoms with Crippen LogP contribution >= 0.6 is 0 Å². The molecule has 0 bridgehead atoms. The molecular formula is C18H18N2O3. The van der Waals surface area contributed by atoms with Crippen LogP contribution in [0, 0.1) is 13.8 Å². The Balaban J connectivity index is 1.58. The van der Waals surface area contributed by atoms with E-state index in [1.54, 1.807) is 6.21 Å². The molecule has 1 heterocycles. The van der Waals surface area contributed by atoms with Crippen molar-refractivity contribution in [3.63, 3.8) is 0 Å². The van der Waals surface area contributed by atoms with Gasteiger partial charge in [-0.25, -0.2) is 5.43 Å². The van der Waals surface area contributed by atoms with Crippen LogP contribution in [-0.2, 0) is 11.2 Å². The third-order valence-corrected chi connectivity index (χ3v) is 3.65. The fraction of sp³-hybridized carbons (Fsp3) is 0.222. The van der Waals surface area contributed by atoms with Crippen LogP contribution in [0.15, 0.2) is 41.5 Å². The number of carbonyl (C=O) groups is 1. The highest BCUT2D eigenvalue weighted by Crippen LogP contribution is 2.31. The third kappa shape index (κ3) is 3.69. The Morgan fingerprint density at radius 2 is 2.00 bits per heavy atom. The van der Waals surface area contributed by atoms with Gasteiger partial charge in [0.05, 0.1) is 12.6 Å². The Labute approximate surface area is 134 Å². The maximum Gasteiger partial charge on any atom is 0.244 e. The fourth-order valence-corrected chi connectivity index (χ4v) is 2.43. The average molecular weight is 310 g/mol. The van der Waals surface area contributed by atoms with Crippen LogP contribution in [0.1, 0.15) is 22.3 Å². The van der Waals surface area contributed by atoms with Crippen molar-refractivity contribution in [2.45, 2.75) is 20.3 Å². The molecule has 1 amide bonds. The zero-order valence-corrected chi connectivity index (χ0v) is 13.1. The molecule has 1 aliphatic rings. The van der Waals surface area contributed by atoms with Crippen LogP contribution in [0.5, 0.6) is 11.5 Å². The summed E-state index contributed by atoms with van der Waals surface area (Å²) in [5.74, 6) is 1.27. The van der Waals surface area contributed by atoms with Crippen LogP contribution in [0.4, 0.5) is 0 Å². The zero-order valence-electron chi connectivity index (χ0n) is 13.1. The Bertz CT molecular complexity index is 769. The predicted molar refractivity (Wildman–Crippen MR) is 87.9 cm³/mol. The molecule has 0 atom stereocenters. The minimum Gasteiger partial charge on any atom is -0.454 e. The van der Waals surface area contributed by atoms with Crippen molar-refractivity contribution in [2.24, 2.45) is 5.10 Å².